The van der Waals surface area contributed by atoms with Crippen LogP contribution in [-0.2, 0) is 13.1 Å². The molecule has 2 aromatic carbocycles. The van der Waals surface area contributed by atoms with Crippen molar-refractivity contribution in [1.82, 2.24) is 15.5 Å². The Morgan fingerprint density at radius 3 is 2.25 bits per heavy atom. The van der Waals surface area contributed by atoms with E-state index in [9.17, 15) is 4.79 Å². The molecule has 3 rings (SSSR count). The SMILES string of the molecule is CCNC(=NCc1ccc(OC2CCCCC2)cc1)NCc1ccc(C(=O)N(C)C)cc1. The van der Waals surface area contributed by atoms with Crippen LogP contribution in [-0.4, -0.2) is 43.5 Å². The zero-order valence-electron chi connectivity index (χ0n) is 19.6. The van der Waals surface area contributed by atoms with Gasteiger partial charge in [0.1, 0.15) is 5.75 Å². The Kier molecular flexibility index (Phi) is 8.96. The van der Waals surface area contributed by atoms with Gasteiger partial charge in [0.2, 0.25) is 0 Å². The van der Waals surface area contributed by atoms with Crippen molar-refractivity contribution in [2.45, 2.75) is 58.2 Å². The van der Waals surface area contributed by atoms with E-state index in [0.717, 1.165) is 29.4 Å². The minimum atomic E-state index is 0.00886. The Balaban J connectivity index is 1.52. The smallest absolute Gasteiger partial charge is 0.253 e. The van der Waals surface area contributed by atoms with Crippen molar-refractivity contribution in [3.63, 3.8) is 0 Å². The number of benzene rings is 2. The summed E-state index contributed by atoms with van der Waals surface area (Å²) >= 11 is 0. The number of ether oxygens (including phenoxy) is 1. The molecule has 1 saturated carbocycles. The molecule has 32 heavy (non-hydrogen) atoms. The highest BCUT2D eigenvalue weighted by molar-refractivity contribution is 5.93. The Morgan fingerprint density at radius 2 is 1.62 bits per heavy atom. The molecule has 2 N–H and O–H groups in total. The van der Waals surface area contributed by atoms with Crippen LogP contribution in [0.25, 0.3) is 0 Å². The van der Waals surface area contributed by atoms with Gasteiger partial charge in [-0.2, -0.15) is 0 Å². The number of carbonyl (C=O) groups is 1. The summed E-state index contributed by atoms with van der Waals surface area (Å²) in [5, 5.41) is 6.65. The highest BCUT2D eigenvalue weighted by Gasteiger charge is 2.14. The first-order valence-electron chi connectivity index (χ1n) is 11.6. The Bertz CT molecular complexity index is 870. The van der Waals surface area contributed by atoms with Crippen molar-refractivity contribution >= 4 is 11.9 Å². The van der Waals surface area contributed by atoms with Gasteiger partial charge in [0, 0.05) is 32.7 Å². The minimum absolute atomic E-state index is 0.00886. The van der Waals surface area contributed by atoms with Gasteiger partial charge in [-0.3, -0.25) is 4.79 Å². The van der Waals surface area contributed by atoms with Crippen molar-refractivity contribution in [3.05, 3.63) is 65.2 Å². The second kappa shape index (κ2) is 12.1. The normalized spacial score (nSPS) is 14.7. The van der Waals surface area contributed by atoms with E-state index in [1.165, 1.54) is 32.1 Å². The van der Waals surface area contributed by atoms with E-state index in [0.29, 0.717) is 24.8 Å². The molecule has 0 spiro atoms. The van der Waals surface area contributed by atoms with Crippen molar-refractivity contribution in [3.8, 4) is 5.75 Å². The maximum Gasteiger partial charge on any atom is 0.253 e. The zero-order chi connectivity index (χ0) is 22.8. The Labute approximate surface area is 192 Å². The third-order valence-corrected chi connectivity index (χ3v) is 5.61. The molecule has 1 aliphatic rings. The number of hydrogen-bond acceptors (Lipinski definition) is 3. The van der Waals surface area contributed by atoms with Gasteiger partial charge in [-0.05, 0) is 68.0 Å². The molecule has 2 aromatic rings. The molecule has 0 unspecified atom stereocenters. The third kappa shape index (κ3) is 7.29. The van der Waals surface area contributed by atoms with E-state index in [4.69, 9.17) is 9.73 Å². The van der Waals surface area contributed by atoms with Crippen LogP contribution < -0.4 is 15.4 Å². The summed E-state index contributed by atoms with van der Waals surface area (Å²) in [7, 11) is 3.52. The lowest BCUT2D eigenvalue weighted by molar-refractivity contribution is 0.0827. The fraction of sp³-hybridized carbons (Fsp3) is 0.462. The van der Waals surface area contributed by atoms with Gasteiger partial charge in [-0.25, -0.2) is 4.99 Å². The van der Waals surface area contributed by atoms with Gasteiger partial charge in [0.05, 0.1) is 12.6 Å². The van der Waals surface area contributed by atoms with Crippen LogP contribution in [0.4, 0.5) is 0 Å². The molecular formula is C26H36N4O2. The maximum absolute atomic E-state index is 12.0. The van der Waals surface area contributed by atoms with Crippen LogP contribution in [0.15, 0.2) is 53.5 Å². The Hall–Kier alpha value is -3.02. The summed E-state index contributed by atoms with van der Waals surface area (Å²) in [5.41, 5.74) is 2.93. The fourth-order valence-corrected chi connectivity index (χ4v) is 3.77. The predicted octanol–water partition coefficient (Wildman–Crippen LogP) is 4.36. The largest absolute Gasteiger partial charge is 0.490 e. The molecular weight excluding hydrogens is 400 g/mol. The monoisotopic (exact) mass is 436 g/mol. The summed E-state index contributed by atoms with van der Waals surface area (Å²) in [5.74, 6) is 1.73. The van der Waals surface area contributed by atoms with Crippen LogP contribution >= 0.6 is 0 Å². The number of nitrogens with one attached hydrogen (secondary N) is 2. The molecule has 0 bridgehead atoms. The molecule has 1 fully saturated rings. The van der Waals surface area contributed by atoms with Gasteiger partial charge in [-0.15, -0.1) is 0 Å². The van der Waals surface area contributed by atoms with Gasteiger partial charge >= 0.3 is 0 Å². The quantitative estimate of drug-likeness (QED) is 0.477. The van der Waals surface area contributed by atoms with E-state index in [1.54, 1.807) is 19.0 Å². The second-order valence-electron chi connectivity index (χ2n) is 8.47. The van der Waals surface area contributed by atoms with E-state index < -0.39 is 0 Å². The van der Waals surface area contributed by atoms with Crippen LogP contribution in [0.5, 0.6) is 5.75 Å². The summed E-state index contributed by atoms with van der Waals surface area (Å²) in [6.07, 6.45) is 6.58. The Morgan fingerprint density at radius 1 is 0.969 bits per heavy atom. The summed E-state index contributed by atoms with van der Waals surface area (Å²) in [4.78, 5) is 18.3. The molecule has 0 atom stereocenters. The lowest BCUT2D eigenvalue weighted by Crippen LogP contribution is -2.36. The first-order valence-corrected chi connectivity index (χ1v) is 11.6. The molecule has 0 saturated heterocycles. The van der Waals surface area contributed by atoms with E-state index in [-0.39, 0.29) is 5.91 Å². The summed E-state index contributed by atoms with van der Waals surface area (Å²) < 4.78 is 6.11. The molecule has 172 valence electrons. The average molecular weight is 437 g/mol. The first kappa shape index (κ1) is 23.6. The number of nitrogens with zero attached hydrogens (tertiary/aromatic N) is 2. The lowest BCUT2D eigenvalue weighted by Gasteiger charge is -2.23. The molecule has 0 aliphatic heterocycles. The third-order valence-electron chi connectivity index (χ3n) is 5.61. The average Bonchev–Trinajstić information content (AvgIpc) is 2.82. The fourth-order valence-electron chi connectivity index (χ4n) is 3.77. The maximum atomic E-state index is 12.0. The van der Waals surface area contributed by atoms with E-state index >= 15 is 0 Å². The van der Waals surface area contributed by atoms with Gasteiger partial charge in [0.25, 0.3) is 5.91 Å². The standard InChI is InChI=1S/C26H36N4O2/c1-4-27-26(28-18-20-10-14-22(15-11-20)25(31)30(2)3)29-19-21-12-16-24(17-13-21)32-23-8-6-5-7-9-23/h10-17,23H,4-9,18-19H2,1-3H3,(H2,27,28,29). The second-order valence-corrected chi connectivity index (χ2v) is 8.47. The number of carbonyl (C=O) groups excluding carboxylic acids is 1. The first-order chi connectivity index (χ1) is 15.5. The molecule has 6 heteroatoms. The predicted molar refractivity (Wildman–Crippen MR) is 130 cm³/mol. The molecule has 6 nitrogen and oxygen atoms in total. The summed E-state index contributed by atoms with van der Waals surface area (Å²) in [6.45, 7) is 4.07. The number of guanidine groups is 1. The number of hydrogen-bond donors (Lipinski definition) is 2. The van der Waals surface area contributed by atoms with Crippen LogP contribution in [0.1, 0.15) is 60.5 Å². The van der Waals surface area contributed by atoms with Crippen molar-refractivity contribution in [1.29, 1.82) is 0 Å². The highest BCUT2D eigenvalue weighted by Crippen LogP contribution is 2.23. The minimum Gasteiger partial charge on any atom is -0.490 e. The zero-order valence-corrected chi connectivity index (χ0v) is 19.6. The van der Waals surface area contributed by atoms with Crippen molar-refractivity contribution < 1.29 is 9.53 Å². The van der Waals surface area contributed by atoms with Crippen molar-refractivity contribution in [2.75, 3.05) is 20.6 Å². The van der Waals surface area contributed by atoms with Gasteiger partial charge < -0.3 is 20.3 Å². The molecule has 1 amide bonds. The molecule has 1 aliphatic carbocycles. The van der Waals surface area contributed by atoms with E-state index in [2.05, 4.69) is 41.8 Å². The highest BCUT2D eigenvalue weighted by atomic mass is 16.5. The van der Waals surface area contributed by atoms with Gasteiger partial charge in [-0.1, -0.05) is 30.7 Å². The summed E-state index contributed by atoms with van der Waals surface area (Å²) in [6, 6.07) is 15.9. The van der Waals surface area contributed by atoms with Crippen LogP contribution in [0.2, 0.25) is 0 Å². The van der Waals surface area contributed by atoms with E-state index in [1.807, 2.05) is 24.3 Å². The van der Waals surface area contributed by atoms with Gasteiger partial charge in [0.15, 0.2) is 5.96 Å². The van der Waals surface area contributed by atoms with Crippen LogP contribution in [0.3, 0.4) is 0 Å². The van der Waals surface area contributed by atoms with Crippen molar-refractivity contribution in [2.24, 2.45) is 4.99 Å². The molecule has 0 aromatic heterocycles. The molecule has 0 heterocycles. The molecule has 0 radical (unpaired) electrons. The number of rotatable bonds is 8. The number of amides is 1. The van der Waals surface area contributed by atoms with Crippen LogP contribution in [0, 0.1) is 0 Å². The number of aliphatic imine (C=N–C) groups is 1. The topological polar surface area (TPSA) is 66.0 Å². The lowest BCUT2D eigenvalue weighted by atomic mass is 9.98.